The summed E-state index contributed by atoms with van der Waals surface area (Å²) in [6.07, 6.45) is 0.680. The number of thiophene rings is 1. The summed E-state index contributed by atoms with van der Waals surface area (Å²) in [5, 5.41) is 13.8. The average Bonchev–Trinajstić information content (AvgIpc) is 2.76. The molecule has 0 spiro atoms. The first-order chi connectivity index (χ1) is 6.84. The maximum atomic E-state index is 9.73. The van der Waals surface area contributed by atoms with Gasteiger partial charge in [-0.3, -0.25) is 0 Å². The third-order valence-corrected chi connectivity index (χ3v) is 2.94. The van der Waals surface area contributed by atoms with Gasteiger partial charge in [-0.2, -0.15) is 11.3 Å². The molecule has 1 aromatic heterocycles. The van der Waals surface area contributed by atoms with E-state index in [0.717, 1.165) is 0 Å². The average molecular weight is 214 g/mol. The van der Waals surface area contributed by atoms with Gasteiger partial charge in [-0.25, -0.2) is 0 Å². The Bertz CT molecular complexity index is 254. The predicted molar refractivity (Wildman–Crippen MR) is 54.3 cm³/mol. The van der Waals surface area contributed by atoms with Crippen molar-refractivity contribution in [3.63, 3.8) is 0 Å². The minimum Gasteiger partial charge on any atom is -0.393 e. The molecule has 1 fully saturated rings. The Labute approximate surface area is 87.3 Å². The molecule has 4 heteroatoms. The molecule has 1 aliphatic heterocycles. The first kappa shape index (κ1) is 10.1. The van der Waals surface area contributed by atoms with Crippen LogP contribution < -0.4 is 0 Å². The summed E-state index contributed by atoms with van der Waals surface area (Å²) in [7, 11) is 0. The first-order valence-corrected chi connectivity index (χ1v) is 5.71. The largest absolute Gasteiger partial charge is 0.393 e. The van der Waals surface area contributed by atoms with Crippen LogP contribution in [0, 0.1) is 0 Å². The van der Waals surface area contributed by atoms with Gasteiger partial charge in [0.2, 0.25) is 0 Å². The molecule has 3 nitrogen and oxygen atoms in total. The van der Waals surface area contributed by atoms with E-state index >= 15 is 0 Å². The van der Waals surface area contributed by atoms with E-state index in [9.17, 15) is 5.11 Å². The Morgan fingerprint density at radius 2 is 2.29 bits per heavy atom. The maximum Gasteiger partial charge on any atom is 0.160 e. The molecule has 1 atom stereocenters. The summed E-state index contributed by atoms with van der Waals surface area (Å²) in [4.78, 5) is 0. The lowest BCUT2D eigenvalue weighted by Gasteiger charge is -2.13. The molecule has 0 radical (unpaired) electrons. The topological polar surface area (TPSA) is 38.7 Å². The molecule has 0 saturated carbocycles. The fraction of sp³-hybridized carbons (Fsp3) is 0.600. The molecule has 1 unspecified atom stereocenters. The van der Waals surface area contributed by atoms with Crippen molar-refractivity contribution in [1.29, 1.82) is 0 Å². The van der Waals surface area contributed by atoms with Crippen LogP contribution in [0.15, 0.2) is 16.8 Å². The van der Waals surface area contributed by atoms with Gasteiger partial charge in [0.15, 0.2) is 6.29 Å². The predicted octanol–water partition coefficient (Wildman–Crippen LogP) is 1.41. The highest BCUT2D eigenvalue weighted by molar-refractivity contribution is 7.07. The van der Waals surface area contributed by atoms with Gasteiger partial charge in [0.05, 0.1) is 19.3 Å². The minimum absolute atomic E-state index is 0.205. The number of aliphatic hydroxyl groups excluding tert-OH is 1. The van der Waals surface area contributed by atoms with Crippen LogP contribution in [0.5, 0.6) is 0 Å². The molecule has 1 aliphatic rings. The maximum absolute atomic E-state index is 9.73. The van der Waals surface area contributed by atoms with Crippen LogP contribution >= 0.6 is 11.3 Å². The van der Waals surface area contributed by atoms with Crippen LogP contribution in [0.3, 0.4) is 0 Å². The van der Waals surface area contributed by atoms with E-state index in [1.165, 1.54) is 5.56 Å². The van der Waals surface area contributed by atoms with Crippen molar-refractivity contribution < 1.29 is 14.6 Å². The molecular formula is C10H14O3S. The van der Waals surface area contributed by atoms with E-state index in [1.54, 1.807) is 11.3 Å². The van der Waals surface area contributed by atoms with E-state index in [2.05, 4.69) is 5.38 Å². The van der Waals surface area contributed by atoms with Gasteiger partial charge in [0.1, 0.15) is 0 Å². The van der Waals surface area contributed by atoms with E-state index in [-0.39, 0.29) is 12.4 Å². The smallest absolute Gasteiger partial charge is 0.160 e. The third-order valence-electron chi connectivity index (χ3n) is 2.21. The van der Waals surface area contributed by atoms with Crippen LogP contribution in [0.25, 0.3) is 0 Å². The molecule has 1 aromatic rings. The van der Waals surface area contributed by atoms with Crippen molar-refractivity contribution in [3.05, 3.63) is 22.4 Å². The van der Waals surface area contributed by atoms with E-state index in [0.29, 0.717) is 26.1 Å². The van der Waals surface area contributed by atoms with Gasteiger partial charge < -0.3 is 14.6 Å². The van der Waals surface area contributed by atoms with Crippen LogP contribution in [0.4, 0.5) is 0 Å². The van der Waals surface area contributed by atoms with Crippen LogP contribution in [0.1, 0.15) is 12.0 Å². The highest BCUT2D eigenvalue weighted by atomic mass is 32.1. The number of ether oxygens (including phenoxy) is 2. The normalized spacial score (nSPS) is 20.1. The van der Waals surface area contributed by atoms with Gasteiger partial charge >= 0.3 is 0 Å². The van der Waals surface area contributed by atoms with Gasteiger partial charge in [0.25, 0.3) is 0 Å². The summed E-state index contributed by atoms with van der Waals surface area (Å²) in [5.41, 5.74) is 1.18. The van der Waals surface area contributed by atoms with Gasteiger partial charge in [0, 0.05) is 6.42 Å². The Hall–Kier alpha value is -0.420. The fourth-order valence-electron chi connectivity index (χ4n) is 1.53. The van der Waals surface area contributed by atoms with Crippen molar-refractivity contribution in [3.8, 4) is 0 Å². The van der Waals surface area contributed by atoms with E-state index < -0.39 is 0 Å². The summed E-state index contributed by atoms with van der Waals surface area (Å²) >= 11 is 1.65. The molecule has 14 heavy (non-hydrogen) atoms. The Morgan fingerprint density at radius 3 is 2.93 bits per heavy atom. The van der Waals surface area contributed by atoms with Crippen LogP contribution in [-0.2, 0) is 15.9 Å². The van der Waals surface area contributed by atoms with Crippen LogP contribution in [0.2, 0.25) is 0 Å². The van der Waals surface area contributed by atoms with Gasteiger partial charge in [-0.15, -0.1) is 0 Å². The number of hydrogen-bond acceptors (Lipinski definition) is 4. The zero-order valence-electron chi connectivity index (χ0n) is 7.89. The van der Waals surface area contributed by atoms with Crippen molar-refractivity contribution in [1.82, 2.24) is 0 Å². The minimum atomic E-state index is -0.368. The monoisotopic (exact) mass is 214 g/mol. The lowest BCUT2D eigenvalue weighted by Crippen LogP contribution is -2.20. The highest BCUT2D eigenvalue weighted by Crippen LogP contribution is 2.15. The van der Waals surface area contributed by atoms with Gasteiger partial charge in [-0.05, 0) is 28.8 Å². The summed E-state index contributed by atoms with van der Waals surface area (Å²) in [6, 6.07) is 2.03. The zero-order chi connectivity index (χ0) is 9.80. The third kappa shape index (κ3) is 2.78. The fourth-order valence-corrected chi connectivity index (χ4v) is 2.21. The molecule has 0 aromatic carbocycles. The van der Waals surface area contributed by atoms with Crippen molar-refractivity contribution in [2.24, 2.45) is 0 Å². The lowest BCUT2D eigenvalue weighted by atomic mass is 10.1. The second-order valence-corrected chi connectivity index (χ2v) is 4.18. The SMILES string of the molecule is OC(Cc1ccsc1)CC1OCCO1. The van der Waals surface area contributed by atoms with E-state index in [4.69, 9.17) is 9.47 Å². The Morgan fingerprint density at radius 1 is 1.50 bits per heavy atom. The van der Waals surface area contributed by atoms with Crippen LogP contribution in [-0.4, -0.2) is 30.7 Å². The Kier molecular flexibility index (Phi) is 3.53. The first-order valence-electron chi connectivity index (χ1n) is 4.77. The molecule has 1 saturated heterocycles. The van der Waals surface area contributed by atoms with E-state index in [1.807, 2.05) is 11.4 Å². The molecule has 2 heterocycles. The van der Waals surface area contributed by atoms with Crippen molar-refractivity contribution >= 4 is 11.3 Å². The highest BCUT2D eigenvalue weighted by Gasteiger charge is 2.20. The summed E-state index contributed by atoms with van der Waals surface area (Å²) in [6.45, 7) is 1.30. The Balaban J connectivity index is 1.75. The second-order valence-electron chi connectivity index (χ2n) is 3.40. The summed E-state index contributed by atoms with van der Waals surface area (Å²) in [5.74, 6) is 0. The quantitative estimate of drug-likeness (QED) is 0.823. The molecular weight excluding hydrogens is 200 g/mol. The lowest BCUT2D eigenvalue weighted by molar-refractivity contribution is -0.0698. The zero-order valence-corrected chi connectivity index (χ0v) is 8.70. The standard InChI is InChI=1S/C10H14O3S/c11-9(5-8-1-4-14-7-8)6-10-12-2-3-13-10/h1,4,7,9-11H,2-3,5-6H2. The number of aliphatic hydroxyl groups is 1. The molecule has 1 N–H and O–H groups in total. The molecule has 0 bridgehead atoms. The second kappa shape index (κ2) is 4.89. The van der Waals surface area contributed by atoms with Gasteiger partial charge in [-0.1, -0.05) is 0 Å². The number of rotatable bonds is 4. The molecule has 0 aliphatic carbocycles. The molecule has 2 rings (SSSR count). The van der Waals surface area contributed by atoms with Crippen molar-refractivity contribution in [2.45, 2.75) is 25.2 Å². The van der Waals surface area contributed by atoms with Crippen molar-refractivity contribution in [2.75, 3.05) is 13.2 Å². The molecule has 0 amide bonds. The molecule has 78 valence electrons. The summed E-state index contributed by atoms with van der Waals surface area (Å²) < 4.78 is 10.5. The number of hydrogen-bond donors (Lipinski definition) is 1.